The number of fused-ring (bicyclic) bond motifs is 1. The average molecular weight is 367 g/mol. The fourth-order valence-electron chi connectivity index (χ4n) is 3.10. The number of piperazine rings is 1. The first-order chi connectivity index (χ1) is 11.7. The van der Waals surface area contributed by atoms with Crippen molar-refractivity contribution in [1.82, 2.24) is 9.80 Å². The SMILES string of the molecule is Oc1cc2c(cc1CN1CCN(Cc3ccc(Cl)s3)CC1)OCO2. The Labute approximate surface area is 150 Å². The second-order valence-electron chi connectivity index (χ2n) is 6.09. The summed E-state index contributed by atoms with van der Waals surface area (Å²) in [6.07, 6.45) is 0. The fourth-order valence-corrected chi connectivity index (χ4v) is 4.23. The van der Waals surface area contributed by atoms with Crippen molar-refractivity contribution < 1.29 is 14.6 Å². The molecule has 4 rings (SSSR count). The monoisotopic (exact) mass is 366 g/mol. The molecule has 1 saturated heterocycles. The maximum Gasteiger partial charge on any atom is 0.231 e. The molecule has 1 fully saturated rings. The summed E-state index contributed by atoms with van der Waals surface area (Å²) in [7, 11) is 0. The standard InChI is InChI=1S/C17H19ClN2O3S/c18-17-2-1-13(24-17)10-20-5-3-19(4-6-20)9-12-7-15-16(8-14(12)21)23-11-22-15/h1-2,7-8,21H,3-6,9-11H2. The number of thiophene rings is 1. The molecule has 2 aliphatic heterocycles. The third kappa shape index (κ3) is 3.47. The fraction of sp³-hybridized carbons (Fsp3) is 0.412. The number of rotatable bonds is 4. The molecule has 24 heavy (non-hydrogen) atoms. The summed E-state index contributed by atoms with van der Waals surface area (Å²) < 4.78 is 11.5. The second kappa shape index (κ2) is 6.80. The lowest BCUT2D eigenvalue weighted by Crippen LogP contribution is -2.45. The van der Waals surface area contributed by atoms with E-state index in [0.717, 1.165) is 54.9 Å². The maximum absolute atomic E-state index is 10.2. The van der Waals surface area contributed by atoms with E-state index in [4.69, 9.17) is 21.1 Å². The quantitative estimate of drug-likeness (QED) is 0.900. The van der Waals surface area contributed by atoms with Crippen LogP contribution in [0, 0.1) is 0 Å². The normalized spacial score (nSPS) is 18.2. The summed E-state index contributed by atoms with van der Waals surface area (Å²) in [5, 5.41) is 10.2. The minimum absolute atomic E-state index is 0.226. The third-order valence-corrected chi connectivity index (χ3v) is 5.66. The highest BCUT2D eigenvalue weighted by Gasteiger charge is 2.21. The Kier molecular flexibility index (Phi) is 4.54. The Balaban J connectivity index is 1.33. The van der Waals surface area contributed by atoms with Gasteiger partial charge in [-0.2, -0.15) is 0 Å². The molecule has 0 unspecified atom stereocenters. The van der Waals surface area contributed by atoms with E-state index >= 15 is 0 Å². The lowest BCUT2D eigenvalue weighted by molar-refractivity contribution is 0.122. The molecule has 0 saturated carbocycles. The van der Waals surface area contributed by atoms with Crippen molar-refractivity contribution in [2.75, 3.05) is 33.0 Å². The minimum atomic E-state index is 0.226. The number of phenolic OH excluding ortho intramolecular Hbond substituents is 1. The molecule has 3 heterocycles. The number of aromatic hydroxyl groups is 1. The van der Waals surface area contributed by atoms with Crippen molar-refractivity contribution in [1.29, 1.82) is 0 Å². The first-order valence-electron chi connectivity index (χ1n) is 7.98. The van der Waals surface area contributed by atoms with Crippen LogP contribution in [0.3, 0.4) is 0 Å². The number of halogens is 1. The molecule has 0 atom stereocenters. The predicted molar refractivity (Wildman–Crippen MR) is 94.1 cm³/mol. The van der Waals surface area contributed by atoms with E-state index in [1.807, 2.05) is 12.1 Å². The van der Waals surface area contributed by atoms with Gasteiger partial charge in [0.2, 0.25) is 6.79 Å². The predicted octanol–water partition coefficient (Wildman–Crippen LogP) is 3.15. The zero-order chi connectivity index (χ0) is 16.5. The van der Waals surface area contributed by atoms with Crippen molar-refractivity contribution in [3.63, 3.8) is 0 Å². The Morgan fingerprint density at radius 3 is 2.33 bits per heavy atom. The van der Waals surface area contributed by atoms with Crippen LogP contribution in [0.2, 0.25) is 4.34 Å². The largest absolute Gasteiger partial charge is 0.507 e. The minimum Gasteiger partial charge on any atom is -0.507 e. The number of hydrogen-bond acceptors (Lipinski definition) is 6. The Morgan fingerprint density at radius 2 is 1.67 bits per heavy atom. The van der Waals surface area contributed by atoms with E-state index in [2.05, 4.69) is 15.9 Å². The molecule has 7 heteroatoms. The average Bonchev–Trinajstić information content (AvgIpc) is 3.18. The zero-order valence-corrected chi connectivity index (χ0v) is 14.8. The van der Waals surface area contributed by atoms with E-state index in [-0.39, 0.29) is 12.5 Å². The van der Waals surface area contributed by atoms with Gasteiger partial charge in [0.05, 0.1) is 4.34 Å². The van der Waals surface area contributed by atoms with Crippen LogP contribution in [0.1, 0.15) is 10.4 Å². The summed E-state index contributed by atoms with van der Waals surface area (Å²) in [6.45, 7) is 5.90. The van der Waals surface area contributed by atoms with Crippen molar-refractivity contribution in [3.8, 4) is 17.2 Å². The van der Waals surface area contributed by atoms with Gasteiger partial charge in [0.25, 0.3) is 0 Å². The second-order valence-corrected chi connectivity index (χ2v) is 7.89. The summed E-state index contributed by atoms with van der Waals surface area (Å²) in [4.78, 5) is 6.11. The number of ether oxygens (including phenoxy) is 2. The molecule has 0 radical (unpaired) electrons. The number of nitrogens with zero attached hydrogens (tertiary/aromatic N) is 2. The lowest BCUT2D eigenvalue weighted by Gasteiger charge is -2.34. The van der Waals surface area contributed by atoms with Crippen LogP contribution in [-0.4, -0.2) is 47.9 Å². The van der Waals surface area contributed by atoms with Crippen LogP contribution in [0.5, 0.6) is 17.2 Å². The molecule has 1 aromatic carbocycles. The Hall–Kier alpha value is -1.47. The number of hydrogen-bond donors (Lipinski definition) is 1. The van der Waals surface area contributed by atoms with Gasteiger partial charge in [-0.15, -0.1) is 11.3 Å². The highest BCUT2D eigenvalue weighted by molar-refractivity contribution is 7.16. The van der Waals surface area contributed by atoms with Crippen molar-refractivity contribution in [2.24, 2.45) is 0 Å². The molecule has 128 valence electrons. The maximum atomic E-state index is 10.2. The van der Waals surface area contributed by atoms with Crippen LogP contribution in [0.25, 0.3) is 0 Å². The summed E-state index contributed by atoms with van der Waals surface area (Å²) in [6, 6.07) is 7.59. The molecule has 1 N–H and O–H groups in total. The lowest BCUT2D eigenvalue weighted by atomic mass is 10.1. The highest BCUT2D eigenvalue weighted by Crippen LogP contribution is 2.38. The topological polar surface area (TPSA) is 45.2 Å². The smallest absolute Gasteiger partial charge is 0.231 e. The first-order valence-corrected chi connectivity index (χ1v) is 9.17. The molecule has 2 aliphatic rings. The molecule has 2 aromatic rings. The van der Waals surface area contributed by atoms with Gasteiger partial charge in [-0.25, -0.2) is 0 Å². The molecule has 5 nitrogen and oxygen atoms in total. The van der Waals surface area contributed by atoms with Crippen LogP contribution in [0.4, 0.5) is 0 Å². The Bertz CT molecular complexity index is 729. The van der Waals surface area contributed by atoms with Gasteiger partial charge in [-0.3, -0.25) is 9.80 Å². The van der Waals surface area contributed by atoms with Crippen LogP contribution in [-0.2, 0) is 13.1 Å². The van der Waals surface area contributed by atoms with Crippen LogP contribution >= 0.6 is 22.9 Å². The van der Waals surface area contributed by atoms with Crippen molar-refractivity contribution >= 4 is 22.9 Å². The number of benzene rings is 1. The van der Waals surface area contributed by atoms with Gasteiger partial charge in [-0.05, 0) is 18.2 Å². The Morgan fingerprint density at radius 1 is 1.00 bits per heavy atom. The summed E-state index contributed by atoms with van der Waals surface area (Å²) in [5.41, 5.74) is 0.887. The zero-order valence-electron chi connectivity index (χ0n) is 13.2. The van der Waals surface area contributed by atoms with Gasteiger partial charge < -0.3 is 14.6 Å². The highest BCUT2D eigenvalue weighted by atomic mass is 35.5. The van der Waals surface area contributed by atoms with E-state index in [1.165, 1.54) is 4.88 Å². The van der Waals surface area contributed by atoms with Gasteiger partial charge in [-0.1, -0.05) is 11.6 Å². The van der Waals surface area contributed by atoms with Gasteiger partial charge in [0.15, 0.2) is 11.5 Å². The van der Waals surface area contributed by atoms with Gasteiger partial charge >= 0.3 is 0 Å². The third-order valence-electron chi connectivity index (χ3n) is 4.44. The van der Waals surface area contributed by atoms with E-state index < -0.39 is 0 Å². The molecule has 0 spiro atoms. The molecular weight excluding hydrogens is 348 g/mol. The molecule has 0 amide bonds. The molecule has 1 aromatic heterocycles. The first kappa shape index (κ1) is 16.0. The summed E-state index contributed by atoms with van der Waals surface area (Å²) in [5.74, 6) is 1.61. The van der Waals surface area contributed by atoms with E-state index in [9.17, 15) is 5.11 Å². The molecular formula is C17H19ClN2O3S. The number of phenols is 1. The van der Waals surface area contributed by atoms with Gasteiger partial charge in [0, 0.05) is 55.8 Å². The molecule has 0 bridgehead atoms. The van der Waals surface area contributed by atoms with Crippen molar-refractivity contribution in [2.45, 2.75) is 13.1 Å². The molecule has 0 aliphatic carbocycles. The van der Waals surface area contributed by atoms with Crippen LogP contribution in [0.15, 0.2) is 24.3 Å². The summed E-state index contributed by atoms with van der Waals surface area (Å²) >= 11 is 7.65. The van der Waals surface area contributed by atoms with E-state index in [0.29, 0.717) is 5.75 Å². The van der Waals surface area contributed by atoms with Gasteiger partial charge in [0.1, 0.15) is 5.75 Å². The van der Waals surface area contributed by atoms with Crippen LogP contribution < -0.4 is 9.47 Å². The van der Waals surface area contributed by atoms with E-state index in [1.54, 1.807) is 17.4 Å². The van der Waals surface area contributed by atoms with Crippen molar-refractivity contribution in [3.05, 3.63) is 39.0 Å².